The first-order valence-electron chi connectivity index (χ1n) is 7.45. The van der Waals surface area contributed by atoms with Crippen LogP contribution in [0.1, 0.15) is 23.3 Å². The maximum atomic E-state index is 12.6. The zero-order chi connectivity index (χ0) is 15.5. The van der Waals surface area contributed by atoms with Crippen LogP contribution in [-0.4, -0.2) is 47.2 Å². The lowest BCUT2D eigenvalue weighted by Crippen LogP contribution is -2.44. The van der Waals surface area contributed by atoms with E-state index in [1.165, 1.54) is 0 Å². The Hall–Kier alpha value is -1.85. The Morgan fingerprint density at radius 2 is 2.05 bits per heavy atom. The highest BCUT2D eigenvalue weighted by molar-refractivity contribution is 6.33. The molecule has 1 aliphatic rings. The van der Waals surface area contributed by atoms with Gasteiger partial charge in [-0.25, -0.2) is 0 Å². The number of benzene rings is 1. The monoisotopic (exact) mass is 318 g/mol. The van der Waals surface area contributed by atoms with Gasteiger partial charge in [0.2, 0.25) is 0 Å². The zero-order valence-corrected chi connectivity index (χ0v) is 13.2. The van der Waals surface area contributed by atoms with Crippen LogP contribution in [0.3, 0.4) is 0 Å². The number of halogens is 1. The number of hydrogen-bond donors (Lipinski definition) is 2. The Bertz CT molecular complexity index is 664. The average Bonchev–Trinajstić information content (AvgIpc) is 3.04. The number of hydrogen-bond acceptors (Lipinski definition) is 3. The third-order valence-corrected chi connectivity index (χ3v) is 4.46. The standard InChI is InChI=1S/C16H19ClN4O/c1-21(11-6-8-18-9-7-11)16(22)15-10-14(19-20-15)12-4-2-3-5-13(12)17/h2-5,10-11,18H,6-9H2,1H3,(H,19,20). The lowest BCUT2D eigenvalue weighted by molar-refractivity contribution is 0.0697. The smallest absolute Gasteiger partial charge is 0.271 e. The van der Waals surface area contributed by atoms with Gasteiger partial charge < -0.3 is 10.2 Å². The zero-order valence-electron chi connectivity index (χ0n) is 12.5. The molecule has 1 aromatic heterocycles. The number of nitrogens with one attached hydrogen (secondary N) is 2. The molecule has 22 heavy (non-hydrogen) atoms. The molecule has 1 aromatic carbocycles. The summed E-state index contributed by atoms with van der Waals surface area (Å²) in [7, 11) is 1.86. The topological polar surface area (TPSA) is 61.0 Å². The highest BCUT2D eigenvalue weighted by Gasteiger charge is 2.24. The molecule has 0 unspecified atom stereocenters. The summed E-state index contributed by atoms with van der Waals surface area (Å²) in [4.78, 5) is 14.4. The molecule has 6 heteroatoms. The van der Waals surface area contributed by atoms with Gasteiger partial charge in [0, 0.05) is 18.7 Å². The molecular formula is C16H19ClN4O. The van der Waals surface area contributed by atoms with Crippen LogP contribution in [0.15, 0.2) is 30.3 Å². The molecule has 0 spiro atoms. The number of nitrogens with zero attached hydrogens (tertiary/aromatic N) is 2. The quantitative estimate of drug-likeness (QED) is 0.914. The first-order valence-corrected chi connectivity index (χ1v) is 7.83. The van der Waals surface area contributed by atoms with Crippen LogP contribution in [0.5, 0.6) is 0 Å². The number of carbonyl (C=O) groups is 1. The van der Waals surface area contributed by atoms with E-state index in [-0.39, 0.29) is 11.9 Å². The highest BCUT2D eigenvalue weighted by atomic mass is 35.5. The van der Waals surface area contributed by atoms with Crippen molar-refractivity contribution in [1.82, 2.24) is 20.4 Å². The van der Waals surface area contributed by atoms with Gasteiger partial charge in [0.05, 0.1) is 10.7 Å². The van der Waals surface area contributed by atoms with Gasteiger partial charge >= 0.3 is 0 Å². The second kappa shape index (κ2) is 6.50. The minimum absolute atomic E-state index is 0.0299. The van der Waals surface area contributed by atoms with E-state index in [1.807, 2.05) is 36.2 Å². The average molecular weight is 319 g/mol. The van der Waals surface area contributed by atoms with Gasteiger partial charge in [-0.15, -0.1) is 0 Å². The fourth-order valence-electron chi connectivity index (χ4n) is 2.79. The van der Waals surface area contributed by atoms with Crippen molar-refractivity contribution in [2.75, 3.05) is 20.1 Å². The lowest BCUT2D eigenvalue weighted by atomic mass is 10.0. The maximum absolute atomic E-state index is 12.6. The summed E-state index contributed by atoms with van der Waals surface area (Å²) in [6.45, 7) is 1.91. The molecule has 2 N–H and O–H groups in total. The Labute approximate surface area is 134 Å². The van der Waals surface area contributed by atoms with Crippen LogP contribution in [0.2, 0.25) is 5.02 Å². The van der Waals surface area contributed by atoms with Crippen molar-refractivity contribution >= 4 is 17.5 Å². The van der Waals surface area contributed by atoms with Crippen molar-refractivity contribution in [1.29, 1.82) is 0 Å². The van der Waals surface area contributed by atoms with Crippen LogP contribution in [-0.2, 0) is 0 Å². The van der Waals surface area contributed by atoms with E-state index in [1.54, 1.807) is 6.07 Å². The van der Waals surface area contributed by atoms with Gasteiger partial charge in [0.25, 0.3) is 5.91 Å². The summed E-state index contributed by atoms with van der Waals surface area (Å²) in [5, 5.41) is 11.0. The van der Waals surface area contributed by atoms with Gasteiger partial charge in [-0.2, -0.15) is 5.10 Å². The third kappa shape index (κ3) is 3.00. The SMILES string of the molecule is CN(C(=O)c1cc(-c2ccccc2Cl)n[nH]1)C1CCNCC1. The van der Waals surface area contributed by atoms with E-state index in [0.717, 1.165) is 31.5 Å². The number of aromatic amines is 1. The highest BCUT2D eigenvalue weighted by Crippen LogP contribution is 2.26. The van der Waals surface area contributed by atoms with Crippen LogP contribution in [0, 0.1) is 0 Å². The fourth-order valence-corrected chi connectivity index (χ4v) is 3.02. The molecule has 116 valence electrons. The second-order valence-electron chi connectivity index (χ2n) is 5.54. The lowest BCUT2D eigenvalue weighted by Gasteiger charge is -2.31. The van der Waals surface area contributed by atoms with Crippen molar-refractivity contribution in [3.05, 3.63) is 41.0 Å². The summed E-state index contributed by atoms with van der Waals surface area (Å²) >= 11 is 6.18. The van der Waals surface area contributed by atoms with E-state index in [0.29, 0.717) is 16.4 Å². The largest absolute Gasteiger partial charge is 0.337 e. The Morgan fingerprint density at radius 1 is 1.32 bits per heavy atom. The van der Waals surface area contributed by atoms with Crippen molar-refractivity contribution in [2.24, 2.45) is 0 Å². The fraction of sp³-hybridized carbons (Fsp3) is 0.375. The van der Waals surface area contributed by atoms with Crippen LogP contribution >= 0.6 is 11.6 Å². The second-order valence-corrected chi connectivity index (χ2v) is 5.95. The number of piperidine rings is 1. The molecule has 2 aromatic rings. The Balaban J connectivity index is 1.78. The van der Waals surface area contributed by atoms with Gasteiger partial charge in [-0.05, 0) is 38.1 Å². The molecule has 5 nitrogen and oxygen atoms in total. The molecule has 0 bridgehead atoms. The van der Waals surface area contributed by atoms with E-state index >= 15 is 0 Å². The van der Waals surface area contributed by atoms with Crippen LogP contribution in [0.25, 0.3) is 11.3 Å². The Morgan fingerprint density at radius 3 is 2.77 bits per heavy atom. The molecule has 0 radical (unpaired) electrons. The summed E-state index contributed by atoms with van der Waals surface area (Å²) in [6.07, 6.45) is 1.96. The van der Waals surface area contributed by atoms with E-state index in [9.17, 15) is 4.79 Å². The number of carbonyl (C=O) groups excluding carboxylic acids is 1. The van der Waals surface area contributed by atoms with Crippen molar-refractivity contribution in [3.8, 4) is 11.3 Å². The van der Waals surface area contributed by atoms with Crippen molar-refractivity contribution in [3.63, 3.8) is 0 Å². The molecule has 0 atom stereocenters. The van der Waals surface area contributed by atoms with E-state index in [2.05, 4.69) is 15.5 Å². The molecule has 3 rings (SSSR count). The van der Waals surface area contributed by atoms with E-state index in [4.69, 9.17) is 11.6 Å². The van der Waals surface area contributed by atoms with Crippen molar-refractivity contribution in [2.45, 2.75) is 18.9 Å². The van der Waals surface area contributed by atoms with Crippen molar-refractivity contribution < 1.29 is 4.79 Å². The van der Waals surface area contributed by atoms with Crippen LogP contribution < -0.4 is 5.32 Å². The first kappa shape index (κ1) is 15.1. The van der Waals surface area contributed by atoms with Gasteiger partial charge in [0.15, 0.2) is 0 Å². The molecule has 0 saturated carbocycles. The third-order valence-electron chi connectivity index (χ3n) is 4.13. The molecule has 1 saturated heterocycles. The maximum Gasteiger partial charge on any atom is 0.271 e. The molecule has 1 amide bonds. The van der Waals surface area contributed by atoms with Gasteiger partial charge in [-0.1, -0.05) is 29.8 Å². The number of rotatable bonds is 3. The molecule has 0 aliphatic carbocycles. The predicted octanol–water partition coefficient (Wildman–Crippen LogP) is 2.55. The Kier molecular flexibility index (Phi) is 4.45. The first-order chi connectivity index (χ1) is 10.7. The number of H-pyrrole nitrogens is 1. The molecular weight excluding hydrogens is 300 g/mol. The van der Waals surface area contributed by atoms with Gasteiger partial charge in [0.1, 0.15) is 5.69 Å². The predicted molar refractivity (Wildman–Crippen MR) is 87.0 cm³/mol. The van der Waals surface area contributed by atoms with E-state index < -0.39 is 0 Å². The summed E-state index contributed by atoms with van der Waals surface area (Å²) < 4.78 is 0. The minimum Gasteiger partial charge on any atom is -0.337 e. The summed E-state index contributed by atoms with van der Waals surface area (Å²) in [6, 6.07) is 9.52. The van der Waals surface area contributed by atoms with Gasteiger partial charge in [-0.3, -0.25) is 9.89 Å². The number of amides is 1. The normalized spacial score (nSPS) is 15.7. The molecule has 2 heterocycles. The molecule has 1 fully saturated rings. The summed E-state index contributed by atoms with van der Waals surface area (Å²) in [5.74, 6) is -0.0299. The van der Waals surface area contributed by atoms with Crippen LogP contribution in [0.4, 0.5) is 0 Å². The number of aromatic nitrogens is 2. The summed E-state index contributed by atoms with van der Waals surface area (Å²) in [5.41, 5.74) is 2.01. The molecule has 1 aliphatic heterocycles. The minimum atomic E-state index is -0.0299.